The summed E-state index contributed by atoms with van der Waals surface area (Å²) in [5, 5.41) is 8.51. The second-order valence-corrected chi connectivity index (χ2v) is 8.06. The molecule has 0 aliphatic carbocycles. The van der Waals surface area contributed by atoms with E-state index >= 15 is 0 Å². The predicted molar refractivity (Wildman–Crippen MR) is 112 cm³/mol. The minimum Gasteiger partial charge on any atom is -0.467 e. The zero-order valence-electron chi connectivity index (χ0n) is 16.9. The Kier molecular flexibility index (Phi) is 6.12. The van der Waals surface area contributed by atoms with Crippen LogP contribution in [-0.4, -0.2) is 26.9 Å². The molecule has 1 atom stereocenters. The summed E-state index contributed by atoms with van der Waals surface area (Å²) in [6.07, 6.45) is 2.22. The molecule has 1 N–H and O–H groups in total. The molecule has 7 nitrogen and oxygen atoms in total. The standard InChI is InChI=1S/C21H24N4O3S/c1-5-21(3,4)22-19(26)18(17-10-7-11-28-17)25(15-9-6-8-14(2)12-15)20(27)16-13-29-24-23-16/h6-13,18H,5H2,1-4H3,(H,22,26)/t18-/m0/s1. The third-order valence-corrected chi connectivity index (χ3v) is 5.25. The average molecular weight is 413 g/mol. The molecule has 0 bridgehead atoms. The Balaban J connectivity index is 2.12. The minimum absolute atomic E-state index is 0.176. The van der Waals surface area contributed by atoms with E-state index in [1.807, 2.05) is 45.9 Å². The van der Waals surface area contributed by atoms with Gasteiger partial charge in [0, 0.05) is 16.6 Å². The van der Waals surface area contributed by atoms with Crippen LogP contribution in [-0.2, 0) is 4.79 Å². The van der Waals surface area contributed by atoms with E-state index in [0.717, 1.165) is 23.5 Å². The Hall–Kier alpha value is -3.00. The number of furan rings is 1. The predicted octanol–water partition coefficient (Wildman–Crippen LogP) is 4.13. The van der Waals surface area contributed by atoms with Crippen LogP contribution in [0.15, 0.2) is 52.5 Å². The summed E-state index contributed by atoms with van der Waals surface area (Å²) in [4.78, 5) is 28.2. The van der Waals surface area contributed by atoms with Crippen LogP contribution >= 0.6 is 11.5 Å². The number of anilines is 1. The van der Waals surface area contributed by atoms with E-state index in [1.54, 1.807) is 23.6 Å². The van der Waals surface area contributed by atoms with Crippen LogP contribution in [0.1, 0.15) is 55.0 Å². The highest BCUT2D eigenvalue weighted by atomic mass is 32.1. The molecule has 3 rings (SSSR count). The number of aromatic nitrogens is 2. The zero-order chi connectivity index (χ0) is 21.0. The summed E-state index contributed by atoms with van der Waals surface area (Å²) in [7, 11) is 0. The molecule has 0 saturated carbocycles. The van der Waals surface area contributed by atoms with Crippen molar-refractivity contribution in [1.82, 2.24) is 14.9 Å². The van der Waals surface area contributed by atoms with E-state index in [-0.39, 0.29) is 11.6 Å². The van der Waals surface area contributed by atoms with Crippen molar-refractivity contribution in [2.45, 2.75) is 45.7 Å². The van der Waals surface area contributed by atoms with Gasteiger partial charge in [-0.05, 0) is 68.6 Å². The van der Waals surface area contributed by atoms with Crippen LogP contribution in [0.25, 0.3) is 0 Å². The SMILES string of the molecule is CCC(C)(C)NC(=O)[C@H](c1ccco1)N(C(=O)c1csnn1)c1cccc(C)c1. The Bertz CT molecular complexity index is 968. The van der Waals surface area contributed by atoms with Crippen LogP contribution in [0.3, 0.4) is 0 Å². The van der Waals surface area contributed by atoms with Gasteiger partial charge in [0.1, 0.15) is 5.76 Å². The third kappa shape index (κ3) is 4.71. The molecule has 0 saturated heterocycles. The van der Waals surface area contributed by atoms with Gasteiger partial charge in [-0.3, -0.25) is 14.5 Å². The maximum atomic E-state index is 13.4. The van der Waals surface area contributed by atoms with Gasteiger partial charge in [-0.1, -0.05) is 23.5 Å². The summed E-state index contributed by atoms with van der Waals surface area (Å²) >= 11 is 1.08. The number of amides is 2. The molecule has 2 aromatic heterocycles. The van der Waals surface area contributed by atoms with Gasteiger partial charge in [-0.15, -0.1) is 5.10 Å². The third-order valence-electron chi connectivity index (χ3n) is 4.74. The molecule has 3 aromatic rings. The van der Waals surface area contributed by atoms with E-state index in [1.165, 1.54) is 11.2 Å². The molecule has 0 spiro atoms. The number of rotatable bonds is 7. The molecular formula is C21H24N4O3S. The number of nitrogens with one attached hydrogen (secondary N) is 1. The Labute approximate surface area is 173 Å². The maximum Gasteiger partial charge on any atom is 0.280 e. The van der Waals surface area contributed by atoms with Crippen molar-refractivity contribution in [3.05, 3.63) is 65.1 Å². The van der Waals surface area contributed by atoms with E-state index in [4.69, 9.17) is 4.42 Å². The van der Waals surface area contributed by atoms with Crippen molar-refractivity contribution in [3.63, 3.8) is 0 Å². The number of benzene rings is 1. The van der Waals surface area contributed by atoms with Gasteiger partial charge in [0.05, 0.1) is 6.26 Å². The summed E-state index contributed by atoms with van der Waals surface area (Å²) < 4.78 is 9.37. The van der Waals surface area contributed by atoms with Crippen molar-refractivity contribution < 1.29 is 14.0 Å². The quantitative estimate of drug-likeness (QED) is 0.630. The average Bonchev–Trinajstić information content (AvgIpc) is 3.39. The number of aryl methyl sites for hydroxylation is 1. The monoisotopic (exact) mass is 412 g/mol. The van der Waals surface area contributed by atoms with Gasteiger partial charge in [0.2, 0.25) is 0 Å². The molecule has 1 aromatic carbocycles. The summed E-state index contributed by atoms with van der Waals surface area (Å²) in [6.45, 7) is 7.80. The first-order chi connectivity index (χ1) is 13.8. The van der Waals surface area contributed by atoms with Crippen LogP contribution < -0.4 is 10.2 Å². The Morgan fingerprint density at radius 2 is 2.07 bits per heavy atom. The highest BCUT2D eigenvalue weighted by Crippen LogP contribution is 2.31. The Morgan fingerprint density at radius 1 is 1.28 bits per heavy atom. The second kappa shape index (κ2) is 8.57. The fourth-order valence-electron chi connectivity index (χ4n) is 2.85. The first-order valence-electron chi connectivity index (χ1n) is 9.35. The molecule has 0 radical (unpaired) electrons. The maximum absolute atomic E-state index is 13.4. The first-order valence-corrected chi connectivity index (χ1v) is 10.2. The summed E-state index contributed by atoms with van der Waals surface area (Å²) in [5.74, 6) is -0.382. The van der Waals surface area contributed by atoms with E-state index in [9.17, 15) is 9.59 Å². The van der Waals surface area contributed by atoms with Crippen molar-refractivity contribution in [2.75, 3.05) is 4.90 Å². The summed E-state index contributed by atoms with van der Waals surface area (Å²) in [5.41, 5.74) is 1.28. The topological polar surface area (TPSA) is 88.3 Å². The van der Waals surface area contributed by atoms with Crippen LogP contribution in [0, 0.1) is 6.92 Å². The fraction of sp³-hybridized carbons (Fsp3) is 0.333. The lowest BCUT2D eigenvalue weighted by atomic mass is 10.0. The lowest BCUT2D eigenvalue weighted by molar-refractivity contribution is -0.124. The van der Waals surface area contributed by atoms with Gasteiger partial charge >= 0.3 is 0 Å². The van der Waals surface area contributed by atoms with E-state index in [2.05, 4.69) is 14.9 Å². The molecule has 2 heterocycles. The lowest BCUT2D eigenvalue weighted by Crippen LogP contribution is -2.50. The number of hydrogen-bond donors (Lipinski definition) is 1. The molecular weight excluding hydrogens is 388 g/mol. The fourth-order valence-corrected chi connectivity index (χ4v) is 3.28. The van der Waals surface area contributed by atoms with Gasteiger partial charge in [0.15, 0.2) is 11.7 Å². The molecule has 0 fully saturated rings. The minimum atomic E-state index is -0.994. The molecule has 0 aliphatic rings. The normalized spacial score (nSPS) is 12.4. The van der Waals surface area contributed by atoms with E-state index < -0.39 is 17.5 Å². The van der Waals surface area contributed by atoms with Crippen molar-refractivity contribution >= 4 is 29.0 Å². The van der Waals surface area contributed by atoms with Crippen LogP contribution in [0.5, 0.6) is 0 Å². The van der Waals surface area contributed by atoms with Gasteiger partial charge in [0.25, 0.3) is 11.8 Å². The van der Waals surface area contributed by atoms with Gasteiger partial charge in [-0.2, -0.15) is 0 Å². The highest BCUT2D eigenvalue weighted by Gasteiger charge is 2.38. The smallest absolute Gasteiger partial charge is 0.280 e. The summed E-state index contributed by atoms with van der Waals surface area (Å²) in [6, 6.07) is 9.82. The second-order valence-electron chi connectivity index (χ2n) is 7.45. The highest BCUT2D eigenvalue weighted by molar-refractivity contribution is 7.03. The molecule has 152 valence electrons. The largest absolute Gasteiger partial charge is 0.467 e. The number of carbonyl (C=O) groups excluding carboxylic acids is 2. The van der Waals surface area contributed by atoms with E-state index in [0.29, 0.717) is 11.4 Å². The lowest BCUT2D eigenvalue weighted by Gasteiger charge is -2.33. The molecule has 2 amide bonds. The van der Waals surface area contributed by atoms with Crippen molar-refractivity contribution in [2.24, 2.45) is 0 Å². The van der Waals surface area contributed by atoms with Crippen LogP contribution in [0.2, 0.25) is 0 Å². The molecule has 29 heavy (non-hydrogen) atoms. The molecule has 8 heteroatoms. The van der Waals surface area contributed by atoms with Crippen molar-refractivity contribution in [1.29, 1.82) is 0 Å². The zero-order valence-corrected chi connectivity index (χ0v) is 17.7. The first kappa shape index (κ1) is 20.7. The molecule has 0 unspecified atom stereocenters. The number of hydrogen-bond acceptors (Lipinski definition) is 6. The molecule has 0 aliphatic heterocycles. The Morgan fingerprint density at radius 3 is 2.66 bits per heavy atom. The van der Waals surface area contributed by atoms with Gasteiger partial charge in [-0.25, -0.2) is 0 Å². The van der Waals surface area contributed by atoms with Crippen molar-refractivity contribution in [3.8, 4) is 0 Å². The van der Waals surface area contributed by atoms with Crippen LogP contribution in [0.4, 0.5) is 5.69 Å². The number of carbonyl (C=O) groups is 2. The number of nitrogens with zero attached hydrogens (tertiary/aromatic N) is 3. The van der Waals surface area contributed by atoms with Gasteiger partial charge < -0.3 is 9.73 Å².